The largest absolute Gasteiger partial charge is 0.387 e. The molecular formula is C28H48N6O2. The van der Waals surface area contributed by atoms with E-state index < -0.39 is 0 Å². The van der Waals surface area contributed by atoms with Gasteiger partial charge in [-0.3, -0.25) is 19.9 Å². The minimum Gasteiger partial charge on any atom is -0.387 e. The average molecular weight is 501 g/mol. The van der Waals surface area contributed by atoms with Gasteiger partial charge in [0.15, 0.2) is 0 Å². The number of fused-ring (bicyclic) bond motifs is 1. The van der Waals surface area contributed by atoms with Crippen LogP contribution in [-0.4, -0.2) is 71.3 Å². The van der Waals surface area contributed by atoms with Crippen molar-refractivity contribution in [2.45, 2.75) is 114 Å². The molecule has 5 aliphatic rings. The number of amides is 2. The molecule has 2 heterocycles. The Balaban J connectivity index is 1.21. The van der Waals surface area contributed by atoms with Crippen LogP contribution in [0.5, 0.6) is 0 Å². The second kappa shape index (κ2) is 11.4. The van der Waals surface area contributed by atoms with Crippen LogP contribution in [0.2, 0.25) is 0 Å². The lowest BCUT2D eigenvalue weighted by Gasteiger charge is -2.40. The number of amidine groups is 1. The topological polar surface area (TPSA) is 129 Å². The van der Waals surface area contributed by atoms with Gasteiger partial charge in [-0.25, -0.2) is 0 Å². The number of nitrogens with two attached hydrogens (primary N) is 2. The summed E-state index contributed by atoms with van der Waals surface area (Å²) in [5.74, 6) is 1.54. The quantitative estimate of drug-likeness (QED) is 0.315. The summed E-state index contributed by atoms with van der Waals surface area (Å²) in [7, 11) is 0. The summed E-state index contributed by atoms with van der Waals surface area (Å²) in [4.78, 5) is 30.5. The number of rotatable bonds is 7. The van der Waals surface area contributed by atoms with Crippen LogP contribution in [0, 0.1) is 29.1 Å². The number of primary amides is 1. The number of nitrogens with one attached hydrogen (secondary N) is 2. The van der Waals surface area contributed by atoms with Gasteiger partial charge in [0.25, 0.3) is 0 Å². The van der Waals surface area contributed by atoms with E-state index >= 15 is 0 Å². The Kier molecular flexibility index (Phi) is 8.21. The third-order valence-corrected chi connectivity index (χ3v) is 10.5. The number of hydrogen-bond donors (Lipinski definition) is 4. The van der Waals surface area contributed by atoms with Crippen LogP contribution < -0.4 is 16.8 Å². The van der Waals surface area contributed by atoms with Gasteiger partial charge < -0.3 is 21.7 Å². The Hall–Kier alpha value is -1.67. The molecular weight excluding hydrogens is 452 g/mol. The van der Waals surface area contributed by atoms with Gasteiger partial charge in [-0.2, -0.15) is 0 Å². The van der Waals surface area contributed by atoms with Crippen molar-refractivity contribution in [2.24, 2.45) is 35.1 Å². The van der Waals surface area contributed by atoms with Crippen molar-refractivity contribution in [2.75, 3.05) is 19.6 Å². The first kappa shape index (κ1) is 26.0. The van der Waals surface area contributed by atoms with E-state index in [-0.39, 0.29) is 29.7 Å². The van der Waals surface area contributed by atoms with Gasteiger partial charge in [0, 0.05) is 36.5 Å². The average Bonchev–Trinajstić information content (AvgIpc) is 3.53. The molecule has 0 aromatic carbocycles. The molecule has 2 aliphatic heterocycles. The summed E-state index contributed by atoms with van der Waals surface area (Å²) >= 11 is 0. The summed E-state index contributed by atoms with van der Waals surface area (Å²) < 4.78 is 0. The summed E-state index contributed by atoms with van der Waals surface area (Å²) in [6.45, 7) is 3.42. The van der Waals surface area contributed by atoms with Crippen LogP contribution in [0.1, 0.15) is 89.9 Å². The molecule has 5 fully saturated rings. The molecule has 8 nitrogen and oxygen atoms in total. The number of likely N-dealkylation sites (tertiary alicyclic amines) is 2. The van der Waals surface area contributed by atoms with Crippen molar-refractivity contribution in [3.8, 4) is 0 Å². The van der Waals surface area contributed by atoms with Crippen molar-refractivity contribution < 1.29 is 9.59 Å². The Morgan fingerprint density at radius 2 is 1.50 bits per heavy atom. The second-order valence-electron chi connectivity index (χ2n) is 12.6. The van der Waals surface area contributed by atoms with Gasteiger partial charge in [0.05, 0.1) is 11.9 Å². The highest BCUT2D eigenvalue weighted by molar-refractivity contribution is 5.83. The lowest BCUT2D eigenvalue weighted by molar-refractivity contribution is -0.127. The molecule has 0 aromatic heterocycles. The van der Waals surface area contributed by atoms with E-state index in [1.807, 2.05) is 0 Å². The van der Waals surface area contributed by atoms with Crippen molar-refractivity contribution in [3.63, 3.8) is 0 Å². The van der Waals surface area contributed by atoms with E-state index in [2.05, 4.69) is 15.1 Å². The van der Waals surface area contributed by atoms with Crippen molar-refractivity contribution in [3.05, 3.63) is 0 Å². The first-order valence-corrected chi connectivity index (χ1v) is 14.8. The van der Waals surface area contributed by atoms with Crippen LogP contribution in [0.15, 0.2) is 0 Å². The van der Waals surface area contributed by atoms with E-state index in [4.69, 9.17) is 16.9 Å². The summed E-state index contributed by atoms with van der Waals surface area (Å²) in [5, 5.41) is 11.5. The number of carbonyl (C=O) groups excluding carboxylic acids is 2. The number of nitrogens with zero attached hydrogens (tertiary/aromatic N) is 2. The van der Waals surface area contributed by atoms with E-state index in [0.29, 0.717) is 35.8 Å². The Labute approximate surface area is 216 Å². The molecule has 0 spiro atoms. The first-order valence-electron chi connectivity index (χ1n) is 14.8. The minimum atomic E-state index is -0.164. The maximum Gasteiger partial charge on any atom is 0.237 e. The highest BCUT2D eigenvalue weighted by Crippen LogP contribution is 2.43. The molecule has 3 saturated carbocycles. The summed E-state index contributed by atoms with van der Waals surface area (Å²) in [6.07, 6.45) is 14.9. The monoisotopic (exact) mass is 500 g/mol. The molecule has 0 bridgehead atoms. The zero-order valence-corrected chi connectivity index (χ0v) is 22.0. The van der Waals surface area contributed by atoms with Gasteiger partial charge in [-0.1, -0.05) is 0 Å². The van der Waals surface area contributed by atoms with E-state index in [1.54, 1.807) is 0 Å². The van der Waals surface area contributed by atoms with Gasteiger partial charge >= 0.3 is 0 Å². The Morgan fingerprint density at radius 1 is 0.833 bits per heavy atom. The highest BCUT2D eigenvalue weighted by atomic mass is 16.2. The first-order chi connectivity index (χ1) is 17.4. The van der Waals surface area contributed by atoms with Crippen LogP contribution in [-0.2, 0) is 9.59 Å². The van der Waals surface area contributed by atoms with Crippen molar-refractivity contribution in [1.82, 2.24) is 15.1 Å². The van der Waals surface area contributed by atoms with Crippen LogP contribution in [0.25, 0.3) is 0 Å². The van der Waals surface area contributed by atoms with E-state index in [9.17, 15) is 9.59 Å². The molecule has 2 amide bonds. The van der Waals surface area contributed by atoms with Crippen molar-refractivity contribution >= 4 is 17.6 Å². The third-order valence-electron chi connectivity index (χ3n) is 10.5. The molecule has 2 saturated heterocycles. The molecule has 8 heteroatoms. The smallest absolute Gasteiger partial charge is 0.237 e. The minimum absolute atomic E-state index is 0.0131. The van der Waals surface area contributed by atoms with E-state index in [1.165, 1.54) is 38.8 Å². The summed E-state index contributed by atoms with van der Waals surface area (Å²) in [5.41, 5.74) is 11.5. The SMILES string of the molecule is N=C(N)C1CCC2CC(C(=O)NC3CCC(N4CCCC4)CC3)N(CC3CCC(C(N)=O)CC3)C2C1. The highest BCUT2D eigenvalue weighted by Gasteiger charge is 2.48. The zero-order valence-electron chi connectivity index (χ0n) is 22.0. The lowest BCUT2D eigenvalue weighted by Crippen LogP contribution is -2.52. The Morgan fingerprint density at radius 3 is 2.14 bits per heavy atom. The molecule has 4 unspecified atom stereocenters. The fourth-order valence-electron chi connectivity index (χ4n) is 8.26. The molecule has 3 aliphatic carbocycles. The third kappa shape index (κ3) is 5.74. The van der Waals surface area contributed by atoms with E-state index in [0.717, 1.165) is 70.8 Å². The molecule has 4 atom stereocenters. The maximum atomic E-state index is 13.7. The zero-order chi connectivity index (χ0) is 25.2. The number of hydrogen-bond acceptors (Lipinski definition) is 5. The summed E-state index contributed by atoms with van der Waals surface area (Å²) in [6, 6.07) is 1.28. The molecule has 202 valence electrons. The fourth-order valence-corrected chi connectivity index (χ4v) is 8.26. The normalized spacial score (nSPS) is 40.0. The van der Waals surface area contributed by atoms with Crippen LogP contribution in [0.3, 0.4) is 0 Å². The van der Waals surface area contributed by atoms with Crippen molar-refractivity contribution in [1.29, 1.82) is 5.41 Å². The second-order valence-corrected chi connectivity index (χ2v) is 12.6. The number of carbonyl (C=O) groups is 2. The van der Waals surface area contributed by atoms with Crippen LogP contribution in [0.4, 0.5) is 0 Å². The van der Waals surface area contributed by atoms with Gasteiger partial charge in [-0.05, 0) is 115 Å². The van der Waals surface area contributed by atoms with Gasteiger partial charge in [0.2, 0.25) is 11.8 Å². The fraction of sp³-hybridized carbons (Fsp3) is 0.893. The standard InChI is InChI=1S/C28H48N6O2/c29-26(30)21-8-7-20-15-25(28(36)32-22-9-11-23(12-10-22)33-13-1-2-14-33)34(24(20)16-21)17-18-3-5-19(6-4-18)27(31)35/h18-25H,1-17H2,(H3,29,30)(H2,31,35)(H,32,36). The predicted octanol–water partition coefficient (Wildman–Crippen LogP) is 2.60. The predicted molar refractivity (Wildman–Crippen MR) is 141 cm³/mol. The maximum absolute atomic E-state index is 13.7. The molecule has 6 N–H and O–H groups in total. The van der Waals surface area contributed by atoms with Gasteiger partial charge in [-0.15, -0.1) is 0 Å². The van der Waals surface area contributed by atoms with Gasteiger partial charge in [0.1, 0.15) is 0 Å². The molecule has 0 radical (unpaired) electrons. The van der Waals surface area contributed by atoms with Crippen LogP contribution >= 0.6 is 0 Å². The molecule has 36 heavy (non-hydrogen) atoms. The molecule has 0 aromatic rings. The lowest BCUT2D eigenvalue weighted by atomic mass is 9.77. The molecule has 5 rings (SSSR count). The Bertz CT molecular complexity index is 798.